The van der Waals surface area contributed by atoms with E-state index in [2.05, 4.69) is 6.07 Å². The van der Waals surface area contributed by atoms with Gasteiger partial charge in [0, 0.05) is 46.6 Å². The number of carbonyl (C=O) groups excluding carboxylic acids is 1. The summed E-state index contributed by atoms with van der Waals surface area (Å²) in [6.45, 7) is 2.03. The Labute approximate surface area is 123 Å². The van der Waals surface area contributed by atoms with E-state index in [9.17, 15) is 4.79 Å². The molecule has 2 aromatic carbocycles. The van der Waals surface area contributed by atoms with E-state index < -0.39 is 0 Å². The molecule has 0 aliphatic carbocycles. The minimum absolute atomic E-state index is 0.0662. The SMILES string of the molecule is Cc1ccc2c(C(=O)c3cc(N)cc(N)c3)cn(C)c2c1. The first-order valence-corrected chi connectivity index (χ1v) is 6.72. The van der Waals surface area contributed by atoms with Crippen molar-refractivity contribution in [3.05, 3.63) is 59.3 Å². The van der Waals surface area contributed by atoms with Crippen molar-refractivity contribution in [1.29, 1.82) is 0 Å². The smallest absolute Gasteiger partial charge is 0.195 e. The fourth-order valence-electron chi connectivity index (χ4n) is 2.64. The van der Waals surface area contributed by atoms with Crippen LogP contribution < -0.4 is 11.5 Å². The second-order valence-electron chi connectivity index (χ2n) is 5.39. The third-order valence-electron chi connectivity index (χ3n) is 3.63. The van der Waals surface area contributed by atoms with Crippen LogP contribution in [0.25, 0.3) is 10.9 Å². The van der Waals surface area contributed by atoms with Gasteiger partial charge in [0.2, 0.25) is 0 Å². The summed E-state index contributed by atoms with van der Waals surface area (Å²) in [5, 5.41) is 0.939. The molecule has 4 heteroatoms. The Hall–Kier alpha value is -2.75. The van der Waals surface area contributed by atoms with Crippen molar-refractivity contribution >= 4 is 28.1 Å². The number of nitrogen functional groups attached to an aromatic ring is 2. The van der Waals surface area contributed by atoms with Crippen LogP contribution in [0.3, 0.4) is 0 Å². The number of rotatable bonds is 2. The molecule has 0 unspecified atom stereocenters. The second-order valence-corrected chi connectivity index (χ2v) is 5.39. The molecule has 0 fully saturated rings. The molecular formula is C17H17N3O. The van der Waals surface area contributed by atoms with Gasteiger partial charge >= 0.3 is 0 Å². The Morgan fingerprint density at radius 1 is 1.05 bits per heavy atom. The average molecular weight is 279 g/mol. The largest absolute Gasteiger partial charge is 0.399 e. The van der Waals surface area contributed by atoms with Gasteiger partial charge in [0.15, 0.2) is 5.78 Å². The average Bonchev–Trinajstić information content (AvgIpc) is 2.74. The first-order valence-electron chi connectivity index (χ1n) is 6.72. The quantitative estimate of drug-likeness (QED) is 0.559. The second kappa shape index (κ2) is 4.66. The van der Waals surface area contributed by atoms with Crippen LogP contribution in [-0.2, 0) is 7.05 Å². The molecule has 106 valence electrons. The summed E-state index contributed by atoms with van der Waals surface area (Å²) in [4.78, 5) is 12.7. The van der Waals surface area contributed by atoms with E-state index in [1.807, 2.05) is 36.9 Å². The van der Waals surface area contributed by atoms with Crippen LogP contribution in [0.15, 0.2) is 42.6 Å². The molecule has 1 heterocycles. The summed E-state index contributed by atoms with van der Waals surface area (Å²) in [5.41, 5.74) is 15.9. The number of anilines is 2. The van der Waals surface area contributed by atoms with Crippen molar-refractivity contribution in [2.75, 3.05) is 11.5 Å². The maximum Gasteiger partial charge on any atom is 0.195 e. The van der Waals surface area contributed by atoms with Crippen LogP contribution in [0.2, 0.25) is 0 Å². The fourth-order valence-corrected chi connectivity index (χ4v) is 2.64. The van der Waals surface area contributed by atoms with Gasteiger partial charge in [-0.15, -0.1) is 0 Å². The Morgan fingerprint density at radius 2 is 1.71 bits per heavy atom. The molecule has 0 aliphatic rings. The third-order valence-corrected chi connectivity index (χ3v) is 3.63. The lowest BCUT2D eigenvalue weighted by Gasteiger charge is -2.03. The maximum absolute atomic E-state index is 12.7. The topological polar surface area (TPSA) is 74.0 Å². The molecule has 3 aromatic rings. The number of nitrogens with two attached hydrogens (primary N) is 2. The molecule has 0 bridgehead atoms. The van der Waals surface area contributed by atoms with E-state index in [-0.39, 0.29) is 5.78 Å². The highest BCUT2D eigenvalue weighted by molar-refractivity contribution is 6.17. The lowest BCUT2D eigenvalue weighted by molar-refractivity contribution is 0.104. The number of aryl methyl sites for hydroxylation is 2. The van der Waals surface area contributed by atoms with Gasteiger partial charge in [-0.2, -0.15) is 0 Å². The molecule has 1 aromatic heterocycles. The number of hydrogen-bond acceptors (Lipinski definition) is 3. The normalized spacial score (nSPS) is 11.0. The number of hydrogen-bond donors (Lipinski definition) is 2. The molecule has 21 heavy (non-hydrogen) atoms. The monoisotopic (exact) mass is 279 g/mol. The van der Waals surface area contributed by atoms with Crippen LogP contribution in [-0.4, -0.2) is 10.4 Å². The molecule has 0 saturated heterocycles. The highest BCUT2D eigenvalue weighted by Crippen LogP contribution is 2.25. The van der Waals surface area contributed by atoms with Gasteiger partial charge in [0.25, 0.3) is 0 Å². The fraction of sp³-hybridized carbons (Fsp3) is 0.118. The zero-order chi connectivity index (χ0) is 15.1. The van der Waals surface area contributed by atoms with Gasteiger partial charge in [-0.1, -0.05) is 12.1 Å². The first-order chi connectivity index (χ1) is 9.95. The predicted molar refractivity (Wildman–Crippen MR) is 86.4 cm³/mol. The van der Waals surface area contributed by atoms with E-state index in [0.29, 0.717) is 22.5 Å². The van der Waals surface area contributed by atoms with E-state index in [1.165, 1.54) is 0 Å². The van der Waals surface area contributed by atoms with Crippen molar-refractivity contribution in [3.8, 4) is 0 Å². The Bertz CT molecular complexity index is 842. The molecule has 0 amide bonds. The summed E-state index contributed by atoms with van der Waals surface area (Å²) < 4.78 is 1.96. The number of carbonyl (C=O) groups is 1. The van der Waals surface area contributed by atoms with Gasteiger partial charge in [0.05, 0.1) is 0 Å². The van der Waals surface area contributed by atoms with E-state index in [4.69, 9.17) is 11.5 Å². The van der Waals surface area contributed by atoms with Gasteiger partial charge < -0.3 is 16.0 Å². The van der Waals surface area contributed by atoms with Crippen LogP contribution in [0, 0.1) is 6.92 Å². The molecule has 0 aliphatic heterocycles. The molecule has 0 radical (unpaired) electrons. The summed E-state index contributed by atoms with van der Waals surface area (Å²) in [5.74, 6) is -0.0662. The summed E-state index contributed by atoms with van der Waals surface area (Å²) in [7, 11) is 1.94. The minimum Gasteiger partial charge on any atom is -0.399 e. The van der Waals surface area contributed by atoms with Crippen LogP contribution >= 0.6 is 0 Å². The summed E-state index contributed by atoms with van der Waals surface area (Å²) >= 11 is 0. The van der Waals surface area contributed by atoms with E-state index >= 15 is 0 Å². The van der Waals surface area contributed by atoms with E-state index in [1.54, 1.807) is 18.2 Å². The molecule has 0 spiro atoms. The Kier molecular flexibility index (Phi) is 2.94. The third kappa shape index (κ3) is 2.25. The minimum atomic E-state index is -0.0662. The standard InChI is InChI=1S/C17H17N3O/c1-10-3-4-14-15(9-20(2)16(14)5-10)17(21)11-6-12(18)8-13(19)7-11/h3-9H,18-19H2,1-2H3. The van der Waals surface area contributed by atoms with Crippen molar-refractivity contribution in [2.45, 2.75) is 6.92 Å². The molecule has 4 nitrogen and oxygen atoms in total. The van der Waals surface area contributed by atoms with Crippen molar-refractivity contribution < 1.29 is 4.79 Å². The van der Waals surface area contributed by atoms with Crippen molar-refractivity contribution in [3.63, 3.8) is 0 Å². The van der Waals surface area contributed by atoms with Crippen LogP contribution in [0.5, 0.6) is 0 Å². The number of ketones is 1. The van der Waals surface area contributed by atoms with E-state index in [0.717, 1.165) is 16.5 Å². The van der Waals surface area contributed by atoms with Gasteiger partial charge in [-0.3, -0.25) is 4.79 Å². The number of nitrogens with zero attached hydrogens (tertiary/aromatic N) is 1. The number of fused-ring (bicyclic) bond motifs is 1. The van der Waals surface area contributed by atoms with Gasteiger partial charge in [-0.05, 0) is 36.8 Å². The van der Waals surface area contributed by atoms with Gasteiger partial charge in [-0.25, -0.2) is 0 Å². The van der Waals surface area contributed by atoms with Crippen molar-refractivity contribution in [1.82, 2.24) is 4.57 Å². The molecular weight excluding hydrogens is 262 g/mol. The van der Waals surface area contributed by atoms with Gasteiger partial charge in [0.1, 0.15) is 0 Å². The summed E-state index contributed by atoms with van der Waals surface area (Å²) in [6, 6.07) is 11.0. The molecule has 3 rings (SSSR count). The Balaban J connectivity index is 2.18. The highest BCUT2D eigenvalue weighted by atomic mass is 16.1. The lowest BCUT2D eigenvalue weighted by Crippen LogP contribution is -2.03. The molecule has 0 atom stereocenters. The number of aromatic nitrogens is 1. The zero-order valence-corrected chi connectivity index (χ0v) is 12.1. The predicted octanol–water partition coefficient (Wildman–Crippen LogP) is 2.88. The summed E-state index contributed by atoms with van der Waals surface area (Å²) in [6.07, 6.45) is 1.85. The Morgan fingerprint density at radius 3 is 2.38 bits per heavy atom. The van der Waals surface area contributed by atoms with Crippen molar-refractivity contribution in [2.24, 2.45) is 7.05 Å². The molecule has 4 N–H and O–H groups in total. The first kappa shape index (κ1) is 13.2. The highest BCUT2D eigenvalue weighted by Gasteiger charge is 2.16. The zero-order valence-electron chi connectivity index (χ0n) is 12.1. The van der Waals surface area contributed by atoms with Crippen LogP contribution in [0.1, 0.15) is 21.5 Å². The molecule has 0 saturated carbocycles. The maximum atomic E-state index is 12.7. The number of benzene rings is 2. The lowest BCUT2D eigenvalue weighted by atomic mass is 10.0. The van der Waals surface area contributed by atoms with Crippen LogP contribution in [0.4, 0.5) is 11.4 Å².